The second-order valence-electron chi connectivity index (χ2n) is 6.53. The highest BCUT2D eigenvalue weighted by Gasteiger charge is 2.39. The van der Waals surface area contributed by atoms with E-state index in [1.165, 1.54) is 0 Å². The molecular formula is C18H34N2O4SSi. The van der Waals surface area contributed by atoms with Gasteiger partial charge in [-0.15, -0.1) is 0 Å². The minimum Gasteiger partial charge on any atom is -0.374 e. The van der Waals surface area contributed by atoms with Crippen LogP contribution in [0.2, 0.25) is 6.04 Å². The number of carbonyl (C=O) groups is 1. The number of thiocarbonyl (C=S) groups is 1. The lowest BCUT2D eigenvalue weighted by Crippen LogP contribution is -2.46. The Morgan fingerprint density at radius 2 is 1.69 bits per heavy atom. The molecule has 0 atom stereocenters. The Morgan fingerprint density at radius 3 is 2.19 bits per heavy atom. The molecule has 0 radical (unpaired) electrons. The topological polar surface area (TPSA) is 69.2 Å². The summed E-state index contributed by atoms with van der Waals surface area (Å²) in [5, 5.41) is 5.50. The van der Waals surface area contributed by atoms with E-state index in [1.54, 1.807) is 0 Å². The number of aliphatic imine (C=N–C) groups is 1. The zero-order chi connectivity index (χ0) is 19.3. The van der Waals surface area contributed by atoms with Crippen molar-refractivity contribution in [1.82, 2.24) is 5.32 Å². The molecule has 1 amide bonds. The highest BCUT2D eigenvalue weighted by atomic mass is 32.1. The molecule has 0 saturated heterocycles. The normalized spacial score (nSPS) is 20.4. The van der Waals surface area contributed by atoms with Crippen LogP contribution in [-0.4, -0.2) is 52.8 Å². The summed E-state index contributed by atoms with van der Waals surface area (Å²) in [4.78, 5) is 16.4. The number of amides is 1. The van der Waals surface area contributed by atoms with Gasteiger partial charge in [0.25, 0.3) is 0 Å². The van der Waals surface area contributed by atoms with Gasteiger partial charge < -0.3 is 18.6 Å². The Labute approximate surface area is 164 Å². The maximum absolute atomic E-state index is 12.4. The molecule has 0 aromatic rings. The van der Waals surface area contributed by atoms with Gasteiger partial charge in [0.1, 0.15) is 0 Å². The number of isothiocyanates is 1. The molecule has 8 heteroatoms. The van der Waals surface area contributed by atoms with Gasteiger partial charge in [-0.1, -0.05) is 0 Å². The van der Waals surface area contributed by atoms with Gasteiger partial charge in [0, 0.05) is 38.3 Å². The Kier molecular flexibility index (Phi) is 12.2. The molecule has 1 aliphatic rings. The number of hydrogen-bond donors (Lipinski definition) is 1. The van der Waals surface area contributed by atoms with E-state index in [0.29, 0.717) is 32.3 Å². The monoisotopic (exact) mass is 402 g/mol. The van der Waals surface area contributed by atoms with Crippen LogP contribution in [0.5, 0.6) is 0 Å². The number of rotatable bonds is 13. The molecule has 1 aliphatic carbocycles. The van der Waals surface area contributed by atoms with Gasteiger partial charge in [-0.3, -0.25) is 4.79 Å². The van der Waals surface area contributed by atoms with E-state index in [0.717, 1.165) is 44.7 Å². The first kappa shape index (κ1) is 23.4. The third-order valence-corrected chi connectivity index (χ3v) is 7.96. The van der Waals surface area contributed by atoms with E-state index in [-0.39, 0.29) is 11.8 Å². The first-order chi connectivity index (χ1) is 12.6. The molecule has 150 valence electrons. The lowest BCUT2D eigenvalue weighted by Gasteiger charge is -2.29. The van der Waals surface area contributed by atoms with Crippen LogP contribution in [0.3, 0.4) is 0 Å². The minimum atomic E-state index is -2.61. The Bertz CT molecular complexity index is 435. The molecular weight excluding hydrogens is 368 g/mol. The van der Waals surface area contributed by atoms with Crippen molar-refractivity contribution in [3.05, 3.63) is 0 Å². The summed E-state index contributed by atoms with van der Waals surface area (Å²) < 4.78 is 17.5. The number of nitrogens with zero attached hydrogens (tertiary/aromatic N) is 1. The quantitative estimate of drug-likeness (QED) is 0.221. The van der Waals surface area contributed by atoms with Crippen molar-refractivity contribution < 1.29 is 18.1 Å². The fourth-order valence-corrected chi connectivity index (χ4v) is 6.12. The zero-order valence-corrected chi connectivity index (χ0v) is 18.2. The second kappa shape index (κ2) is 13.5. The van der Waals surface area contributed by atoms with E-state index in [4.69, 9.17) is 13.3 Å². The number of carbonyl (C=O) groups excluding carboxylic acids is 1. The molecule has 0 aliphatic heterocycles. The van der Waals surface area contributed by atoms with Crippen LogP contribution >= 0.6 is 12.2 Å². The van der Waals surface area contributed by atoms with Gasteiger partial charge in [-0.05, 0) is 71.0 Å². The largest absolute Gasteiger partial charge is 0.500 e. The lowest BCUT2D eigenvalue weighted by atomic mass is 9.81. The van der Waals surface area contributed by atoms with E-state index in [2.05, 4.69) is 27.7 Å². The summed E-state index contributed by atoms with van der Waals surface area (Å²) in [6.45, 7) is 8.98. The van der Waals surface area contributed by atoms with Crippen molar-refractivity contribution in [3.63, 3.8) is 0 Å². The first-order valence-electron chi connectivity index (χ1n) is 9.83. The Hall–Kier alpha value is -0.633. The summed E-state index contributed by atoms with van der Waals surface area (Å²) in [5.74, 6) is 0.832. The summed E-state index contributed by atoms with van der Waals surface area (Å²) in [7, 11) is -2.61. The summed E-state index contributed by atoms with van der Waals surface area (Å²) in [6.07, 6.45) is 4.73. The zero-order valence-electron chi connectivity index (χ0n) is 16.4. The van der Waals surface area contributed by atoms with Crippen LogP contribution in [0.4, 0.5) is 0 Å². The molecule has 6 nitrogen and oxygen atoms in total. The third-order valence-electron chi connectivity index (χ3n) is 4.68. The van der Waals surface area contributed by atoms with E-state index in [9.17, 15) is 4.79 Å². The van der Waals surface area contributed by atoms with Crippen LogP contribution in [0.1, 0.15) is 52.9 Å². The highest BCUT2D eigenvalue weighted by Crippen LogP contribution is 2.29. The first-order valence-corrected chi connectivity index (χ1v) is 12.2. The molecule has 1 N–H and O–H groups in total. The number of nitrogens with one attached hydrogen (secondary N) is 1. The van der Waals surface area contributed by atoms with Crippen molar-refractivity contribution in [2.45, 2.75) is 58.9 Å². The van der Waals surface area contributed by atoms with Crippen molar-refractivity contribution in [1.29, 1.82) is 0 Å². The van der Waals surface area contributed by atoms with Crippen molar-refractivity contribution >= 4 is 32.1 Å². The maximum atomic E-state index is 12.4. The van der Waals surface area contributed by atoms with Crippen LogP contribution in [-0.2, 0) is 18.1 Å². The van der Waals surface area contributed by atoms with E-state index >= 15 is 0 Å². The molecule has 0 unspecified atom stereocenters. The van der Waals surface area contributed by atoms with Crippen LogP contribution in [0, 0.1) is 11.8 Å². The van der Waals surface area contributed by atoms with Gasteiger partial charge in [-0.25, -0.2) is 4.99 Å². The molecule has 1 fully saturated rings. The molecule has 0 aromatic carbocycles. The average Bonchev–Trinajstić information content (AvgIpc) is 2.64. The molecule has 1 saturated carbocycles. The third kappa shape index (κ3) is 8.37. The molecule has 0 bridgehead atoms. The molecule has 1 rings (SSSR count). The van der Waals surface area contributed by atoms with E-state index < -0.39 is 8.80 Å². The van der Waals surface area contributed by atoms with Crippen LogP contribution in [0.15, 0.2) is 4.99 Å². The van der Waals surface area contributed by atoms with E-state index in [1.807, 2.05) is 20.8 Å². The van der Waals surface area contributed by atoms with Crippen molar-refractivity contribution in [2.24, 2.45) is 16.8 Å². The second-order valence-corrected chi connectivity index (χ2v) is 9.44. The fraction of sp³-hybridized carbons (Fsp3) is 0.889. The predicted octanol–water partition coefficient (Wildman–Crippen LogP) is 3.45. The molecule has 0 heterocycles. The summed E-state index contributed by atoms with van der Waals surface area (Å²) >= 11 is 4.62. The van der Waals surface area contributed by atoms with Gasteiger partial charge in [0.15, 0.2) is 0 Å². The smallest absolute Gasteiger partial charge is 0.374 e. The predicted molar refractivity (Wildman–Crippen MR) is 108 cm³/mol. The van der Waals surface area contributed by atoms with Crippen LogP contribution in [0.25, 0.3) is 0 Å². The van der Waals surface area contributed by atoms with Crippen LogP contribution < -0.4 is 5.32 Å². The number of hydrogen-bond acceptors (Lipinski definition) is 6. The summed E-state index contributed by atoms with van der Waals surface area (Å²) in [6, 6.07) is 0.727. The molecule has 0 spiro atoms. The Balaban J connectivity index is 2.33. The van der Waals surface area contributed by atoms with Gasteiger partial charge in [0.05, 0.1) is 11.7 Å². The fourth-order valence-electron chi connectivity index (χ4n) is 3.44. The molecule has 0 aromatic heterocycles. The van der Waals surface area contributed by atoms with Gasteiger partial charge >= 0.3 is 8.80 Å². The SMILES string of the molecule is CCO[Si](CCCNC(=O)C1CCC(CN=C=S)CC1)(OCC)OCC. The highest BCUT2D eigenvalue weighted by molar-refractivity contribution is 7.78. The lowest BCUT2D eigenvalue weighted by molar-refractivity contribution is -0.126. The average molecular weight is 403 g/mol. The summed E-state index contributed by atoms with van der Waals surface area (Å²) in [5.41, 5.74) is 0. The van der Waals surface area contributed by atoms with Gasteiger partial charge in [0.2, 0.25) is 5.91 Å². The Morgan fingerprint density at radius 1 is 1.12 bits per heavy atom. The minimum absolute atomic E-state index is 0.121. The van der Waals surface area contributed by atoms with Gasteiger partial charge in [-0.2, -0.15) is 0 Å². The van der Waals surface area contributed by atoms with Crippen molar-refractivity contribution in [2.75, 3.05) is 32.9 Å². The standard InChI is InChI=1S/C18H34N2O4SSi/c1-4-22-26(23-5-2,24-6-3)13-7-12-20-18(21)17-10-8-16(9-11-17)14-19-15-25/h16-17H,4-14H2,1-3H3,(H,20,21). The maximum Gasteiger partial charge on any atom is 0.500 e. The molecule has 26 heavy (non-hydrogen) atoms. The van der Waals surface area contributed by atoms with Crippen molar-refractivity contribution in [3.8, 4) is 0 Å².